The predicted molar refractivity (Wildman–Crippen MR) is 81.5 cm³/mol. The molecule has 0 bridgehead atoms. The highest BCUT2D eigenvalue weighted by atomic mass is 32.3. The molecule has 6 nitrogen and oxygen atoms in total. The number of ether oxygens (including phenoxy) is 2. The number of hydrogen-bond donors (Lipinski definition) is 0. The Balaban J connectivity index is 2.50. The van der Waals surface area contributed by atoms with E-state index in [-0.39, 0.29) is 24.2 Å². The molecule has 0 N–H and O–H groups in total. The van der Waals surface area contributed by atoms with E-state index in [1.807, 2.05) is 0 Å². The van der Waals surface area contributed by atoms with Crippen LogP contribution in [0.4, 0.5) is 0 Å². The molecular formula is C13H26O6S2. The molecule has 8 heteroatoms. The van der Waals surface area contributed by atoms with Crippen molar-refractivity contribution in [2.24, 2.45) is 0 Å². The van der Waals surface area contributed by atoms with Crippen LogP contribution < -0.4 is 0 Å². The smallest absolute Gasteiger partial charge is 0.167 e. The molecule has 0 saturated carbocycles. The van der Waals surface area contributed by atoms with Crippen LogP contribution in [0.3, 0.4) is 0 Å². The molecular weight excluding hydrogens is 316 g/mol. The van der Waals surface area contributed by atoms with Gasteiger partial charge in [-0.25, -0.2) is 16.8 Å². The van der Waals surface area contributed by atoms with Crippen LogP contribution in [0.2, 0.25) is 0 Å². The summed E-state index contributed by atoms with van der Waals surface area (Å²) in [6.45, 7) is 3.95. The molecule has 126 valence electrons. The van der Waals surface area contributed by atoms with Gasteiger partial charge in [0.25, 0.3) is 0 Å². The summed E-state index contributed by atoms with van der Waals surface area (Å²) in [5, 5.41) is 0. The van der Waals surface area contributed by atoms with Gasteiger partial charge in [-0.15, -0.1) is 0 Å². The van der Waals surface area contributed by atoms with E-state index in [2.05, 4.69) is 0 Å². The molecule has 0 radical (unpaired) electrons. The van der Waals surface area contributed by atoms with Gasteiger partial charge in [-0.05, 0) is 32.1 Å². The van der Waals surface area contributed by atoms with E-state index in [0.29, 0.717) is 19.6 Å². The second-order valence-corrected chi connectivity index (χ2v) is 10.4. The summed E-state index contributed by atoms with van der Waals surface area (Å²) in [6, 6.07) is 0. The molecule has 1 aliphatic rings. The Morgan fingerprint density at radius 3 is 2.19 bits per heavy atom. The standard InChI is InChI=1S/C13H26O6S2/c1-3-20(14,15)13(21(16,17)4-2)9-7-11-19-12-8-5-6-10-18-12/h12-13H,3-11H2,1-2H3/t12-/m1/s1. The van der Waals surface area contributed by atoms with Crippen molar-refractivity contribution in [3.63, 3.8) is 0 Å². The van der Waals surface area contributed by atoms with Crippen LogP contribution in [0.25, 0.3) is 0 Å². The molecule has 0 unspecified atom stereocenters. The second kappa shape index (κ2) is 8.45. The summed E-state index contributed by atoms with van der Waals surface area (Å²) >= 11 is 0. The third-order valence-electron chi connectivity index (χ3n) is 3.63. The molecule has 1 rings (SSSR count). The molecule has 0 aromatic rings. The third kappa shape index (κ3) is 5.84. The molecule has 1 saturated heterocycles. The minimum Gasteiger partial charge on any atom is -0.353 e. The van der Waals surface area contributed by atoms with Crippen molar-refractivity contribution in [2.45, 2.75) is 56.8 Å². The van der Waals surface area contributed by atoms with Gasteiger partial charge in [0.05, 0.1) is 0 Å². The fourth-order valence-corrected chi connectivity index (χ4v) is 6.66. The summed E-state index contributed by atoms with van der Waals surface area (Å²) in [5.41, 5.74) is 0. The van der Waals surface area contributed by atoms with Crippen LogP contribution in [-0.4, -0.2) is 52.4 Å². The largest absolute Gasteiger partial charge is 0.353 e. The first kappa shape index (κ1) is 18.9. The lowest BCUT2D eigenvalue weighted by molar-refractivity contribution is -0.162. The molecule has 1 heterocycles. The van der Waals surface area contributed by atoms with Crippen molar-refractivity contribution in [1.82, 2.24) is 0 Å². The highest BCUT2D eigenvalue weighted by molar-refractivity contribution is 8.09. The molecule has 21 heavy (non-hydrogen) atoms. The van der Waals surface area contributed by atoms with Gasteiger partial charge in [-0.1, -0.05) is 13.8 Å². The van der Waals surface area contributed by atoms with E-state index in [4.69, 9.17) is 9.47 Å². The Hall–Kier alpha value is -0.180. The van der Waals surface area contributed by atoms with Crippen LogP contribution in [0, 0.1) is 0 Å². The average Bonchev–Trinajstić information content (AvgIpc) is 2.47. The van der Waals surface area contributed by atoms with Crippen molar-refractivity contribution in [3.8, 4) is 0 Å². The van der Waals surface area contributed by atoms with Crippen molar-refractivity contribution in [2.75, 3.05) is 24.7 Å². The molecule has 0 spiro atoms. The predicted octanol–water partition coefficient (Wildman–Crippen LogP) is 1.51. The molecule has 1 aliphatic heterocycles. The third-order valence-corrected chi connectivity index (χ3v) is 9.07. The second-order valence-electron chi connectivity index (χ2n) is 5.14. The van der Waals surface area contributed by atoms with Gasteiger partial charge < -0.3 is 9.47 Å². The van der Waals surface area contributed by atoms with Crippen molar-refractivity contribution < 1.29 is 26.3 Å². The zero-order valence-electron chi connectivity index (χ0n) is 12.8. The van der Waals surface area contributed by atoms with E-state index in [1.165, 1.54) is 13.8 Å². The number of rotatable bonds is 9. The highest BCUT2D eigenvalue weighted by Gasteiger charge is 2.34. The van der Waals surface area contributed by atoms with E-state index >= 15 is 0 Å². The monoisotopic (exact) mass is 342 g/mol. The van der Waals surface area contributed by atoms with Crippen LogP contribution >= 0.6 is 0 Å². The van der Waals surface area contributed by atoms with Gasteiger partial charge in [0.15, 0.2) is 30.5 Å². The Bertz CT molecular complexity index is 457. The van der Waals surface area contributed by atoms with Gasteiger partial charge in [0.1, 0.15) is 0 Å². The Morgan fingerprint density at radius 2 is 1.71 bits per heavy atom. The maximum absolute atomic E-state index is 12.0. The first-order chi connectivity index (χ1) is 9.83. The van der Waals surface area contributed by atoms with Crippen molar-refractivity contribution >= 4 is 19.7 Å². The molecule has 0 aromatic carbocycles. The maximum Gasteiger partial charge on any atom is 0.167 e. The minimum absolute atomic E-state index is 0.0824. The zero-order valence-corrected chi connectivity index (χ0v) is 14.4. The molecule has 1 atom stereocenters. The highest BCUT2D eigenvalue weighted by Crippen LogP contribution is 2.19. The summed E-state index contributed by atoms with van der Waals surface area (Å²) in [4.78, 5) is 0. The van der Waals surface area contributed by atoms with Gasteiger partial charge >= 0.3 is 0 Å². The lowest BCUT2D eigenvalue weighted by Gasteiger charge is -2.23. The quantitative estimate of drug-likeness (QED) is 0.590. The SMILES string of the molecule is CCS(=O)(=O)C(CCCO[C@@H]1CCCCO1)S(=O)(=O)CC. The summed E-state index contributed by atoms with van der Waals surface area (Å²) in [5.74, 6) is -0.326. The fourth-order valence-electron chi connectivity index (χ4n) is 2.26. The van der Waals surface area contributed by atoms with Crippen LogP contribution in [0.5, 0.6) is 0 Å². The normalized spacial score (nSPS) is 20.8. The Labute approximate surface area is 128 Å². The van der Waals surface area contributed by atoms with Crippen LogP contribution in [0.15, 0.2) is 0 Å². The minimum atomic E-state index is -3.61. The average molecular weight is 342 g/mol. The van der Waals surface area contributed by atoms with Crippen molar-refractivity contribution in [1.29, 1.82) is 0 Å². The van der Waals surface area contributed by atoms with Gasteiger partial charge in [-0.3, -0.25) is 0 Å². The fraction of sp³-hybridized carbons (Fsp3) is 1.00. The van der Waals surface area contributed by atoms with E-state index < -0.39 is 24.3 Å². The van der Waals surface area contributed by atoms with E-state index in [1.54, 1.807) is 0 Å². The van der Waals surface area contributed by atoms with Crippen LogP contribution in [-0.2, 0) is 29.1 Å². The molecule has 1 fully saturated rings. The van der Waals surface area contributed by atoms with Gasteiger partial charge in [0, 0.05) is 24.7 Å². The van der Waals surface area contributed by atoms with Gasteiger partial charge in [0.2, 0.25) is 0 Å². The van der Waals surface area contributed by atoms with E-state index in [9.17, 15) is 16.8 Å². The first-order valence-corrected chi connectivity index (χ1v) is 10.9. The summed E-state index contributed by atoms with van der Waals surface area (Å²) in [7, 11) is -7.22. The summed E-state index contributed by atoms with van der Waals surface area (Å²) in [6.07, 6.45) is 3.17. The lowest BCUT2D eigenvalue weighted by Crippen LogP contribution is -2.33. The maximum atomic E-state index is 12.0. The zero-order chi connectivity index (χ0) is 15.9. The van der Waals surface area contributed by atoms with Gasteiger partial charge in [-0.2, -0.15) is 0 Å². The molecule has 0 aliphatic carbocycles. The molecule has 0 amide bonds. The van der Waals surface area contributed by atoms with Crippen LogP contribution in [0.1, 0.15) is 46.0 Å². The Kier molecular flexibility index (Phi) is 7.59. The topological polar surface area (TPSA) is 86.7 Å². The number of sulfone groups is 2. The summed E-state index contributed by atoms with van der Waals surface area (Å²) < 4.78 is 57.4. The first-order valence-electron chi connectivity index (χ1n) is 7.49. The number of hydrogen-bond acceptors (Lipinski definition) is 6. The Morgan fingerprint density at radius 1 is 1.10 bits per heavy atom. The van der Waals surface area contributed by atoms with Crippen molar-refractivity contribution in [3.05, 3.63) is 0 Å². The van der Waals surface area contributed by atoms with E-state index in [0.717, 1.165) is 19.3 Å². The molecule has 0 aromatic heterocycles. The lowest BCUT2D eigenvalue weighted by atomic mass is 10.2.